The number of hydrogen-bond donors (Lipinski definition) is 0. The first-order valence-corrected chi connectivity index (χ1v) is 11.4. The largest absolute Gasteiger partial charge is 0.342 e. The zero-order chi connectivity index (χ0) is 21.0. The Morgan fingerprint density at radius 1 is 1.24 bits per heavy atom. The molecule has 1 amide bonds. The summed E-state index contributed by atoms with van der Waals surface area (Å²) in [5, 5.41) is 9.19. The van der Waals surface area contributed by atoms with Crippen LogP contribution in [0.1, 0.15) is 46.5 Å². The van der Waals surface area contributed by atoms with E-state index in [1.165, 1.54) is 30.7 Å². The molecule has 5 nitrogen and oxygen atoms in total. The first-order chi connectivity index (χ1) is 13.9. The summed E-state index contributed by atoms with van der Waals surface area (Å²) in [6.07, 6.45) is 4.53. The van der Waals surface area contributed by atoms with Gasteiger partial charge in [-0.25, -0.2) is 4.39 Å². The number of aromatic nitrogens is 3. The summed E-state index contributed by atoms with van der Waals surface area (Å²) < 4.78 is 16.2. The highest BCUT2D eigenvalue weighted by Gasteiger charge is 2.25. The zero-order valence-electron chi connectivity index (χ0n) is 17.8. The molecule has 0 unspecified atom stereocenters. The fraction of sp³-hybridized carbons (Fsp3) is 0.591. The van der Waals surface area contributed by atoms with Crippen LogP contribution in [0.25, 0.3) is 11.4 Å². The molecular weight excluding hydrogens is 387 g/mol. The van der Waals surface area contributed by atoms with Crippen LogP contribution in [0.2, 0.25) is 0 Å². The molecule has 0 aliphatic heterocycles. The van der Waals surface area contributed by atoms with Crippen molar-refractivity contribution in [3.63, 3.8) is 0 Å². The maximum atomic E-state index is 14.3. The molecule has 0 spiro atoms. The number of thioether (sulfide) groups is 1. The van der Waals surface area contributed by atoms with Gasteiger partial charge < -0.3 is 9.47 Å². The number of benzene rings is 1. The van der Waals surface area contributed by atoms with Gasteiger partial charge in [-0.2, -0.15) is 0 Å². The van der Waals surface area contributed by atoms with Gasteiger partial charge in [-0.3, -0.25) is 4.79 Å². The van der Waals surface area contributed by atoms with Crippen LogP contribution in [0, 0.1) is 17.7 Å². The summed E-state index contributed by atoms with van der Waals surface area (Å²) in [7, 11) is 1.91. The van der Waals surface area contributed by atoms with Gasteiger partial charge in [-0.15, -0.1) is 10.2 Å². The minimum absolute atomic E-state index is 0.112. The van der Waals surface area contributed by atoms with Crippen LogP contribution in [0.15, 0.2) is 29.4 Å². The second kappa shape index (κ2) is 9.74. The molecule has 1 saturated carbocycles. The van der Waals surface area contributed by atoms with E-state index in [-0.39, 0.29) is 11.7 Å². The first-order valence-electron chi connectivity index (χ1n) is 10.4. The minimum atomic E-state index is -0.316. The summed E-state index contributed by atoms with van der Waals surface area (Å²) in [5.41, 5.74) is 0.437. The molecule has 0 atom stereocenters. The van der Waals surface area contributed by atoms with Crippen LogP contribution < -0.4 is 0 Å². The lowest BCUT2D eigenvalue weighted by molar-refractivity contribution is -0.129. The van der Waals surface area contributed by atoms with Crippen molar-refractivity contribution in [3.05, 3.63) is 30.1 Å². The van der Waals surface area contributed by atoms with Crippen molar-refractivity contribution in [2.24, 2.45) is 11.8 Å². The van der Waals surface area contributed by atoms with Gasteiger partial charge in [0.2, 0.25) is 5.91 Å². The highest BCUT2D eigenvalue weighted by molar-refractivity contribution is 7.99. The monoisotopic (exact) mass is 418 g/mol. The van der Waals surface area contributed by atoms with Gasteiger partial charge in [0.05, 0.1) is 11.3 Å². The van der Waals surface area contributed by atoms with Crippen LogP contribution in [0.4, 0.5) is 4.39 Å². The number of hydrogen-bond acceptors (Lipinski definition) is 4. The van der Waals surface area contributed by atoms with E-state index in [4.69, 9.17) is 0 Å². The summed E-state index contributed by atoms with van der Waals surface area (Å²) in [6.45, 7) is 7.15. The Bertz CT molecular complexity index is 830. The predicted molar refractivity (Wildman–Crippen MR) is 115 cm³/mol. The first kappa shape index (κ1) is 21.8. The quantitative estimate of drug-likeness (QED) is 0.602. The second-order valence-corrected chi connectivity index (χ2v) is 9.44. The minimum Gasteiger partial charge on any atom is -0.342 e. The van der Waals surface area contributed by atoms with E-state index in [2.05, 4.69) is 31.0 Å². The number of halogens is 1. The molecule has 29 heavy (non-hydrogen) atoms. The number of carbonyl (C=O) groups is 1. The van der Waals surface area contributed by atoms with Gasteiger partial charge in [0.25, 0.3) is 0 Å². The fourth-order valence-electron chi connectivity index (χ4n) is 3.83. The molecule has 2 aromatic rings. The lowest BCUT2D eigenvalue weighted by Gasteiger charge is -2.33. The van der Waals surface area contributed by atoms with Crippen LogP contribution >= 0.6 is 11.8 Å². The van der Waals surface area contributed by atoms with Crippen LogP contribution in [0.3, 0.4) is 0 Å². The normalized spacial score (nSPS) is 19.5. The third-order valence-corrected chi connectivity index (χ3v) is 6.58. The Morgan fingerprint density at radius 2 is 1.93 bits per heavy atom. The molecule has 0 bridgehead atoms. The van der Waals surface area contributed by atoms with Gasteiger partial charge in [0.1, 0.15) is 5.82 Å². The standard InChI is InChI=1S/C22H31FN4OS/c1-15(2)13-27-21(18-7-5-6-8-19(18)23)24-25-22(27)29-14-20(28)26(4)17-11-9-16(3)10-12-17/h5-8,15-17H,9-14H2,1-4H3. The lowest BCUT2D eigenvalue weighted by Crippen LogP contribution is -2.40. The highest BCUT2D eigenvalue weighted by Crippen LogP contribution is 2.29. The molecule has 1 aliphatic rings. The maximum absolute atomic E-state index is 14.3. The van der Waals surface area contributed by atoms with Gasteiger partial charge >= 0.3 is 0 Å². The average molecular weight is 419 g/mol. The smallest absolute Gasteiger partial charge is 0.233 e. The van der Waals surface area contributed by atoms with Gasteiger partial charge in [0, 0.05) is 19.6 Å². The highest BCUT2D eigenvalue weighted by atomic mass is 32.2. The fourth-order valence-corrected chi connectivity index (χ4v) is 4.70. The molecule has 1 heterocycles. The topological polar surface area (TPSA) is 51.0 Å². The number of rotatable bonds is 7. The van der Waals surface area contributed by atoms with Crippen molar-refractivity contribution in [3.8, 4) is 11.4 Å². The molecule has 1 aromatic heterocycles. The SMILES string of the molecule is CC(C)Cn1c(SCC(=O)N(C)C2CCC(C)CC2)nnc1-c1ccccc1F. The van der Waals surface area contributed by atoms with Crippen molar-refractivity contribution in [1.29, 1.82) is 0 Å². The Labute approximate surface area is 177 Å². The average Bonchev–Trinajstić information content (AvgIpc) is 3.08. The molecule has 1 aromatic carbocycles. The van der Waals surface area contributed by atoms with Crippen molar-refractivity contribution < 1.29 is 9.18 Å². The Kier molecular flexibility index (Phi) is 7.33. The molecule has 0 saturated heterocycles. The van der Waals surface area contributed by atoms with Crippen molar-refractivity contribution >= 4 is 17.7 Å². The molecule has 7 heteroatoms. The van der Waals surface area contributed by atoms with E-state index in [1.54, 1.807) is 18.2 Å². The second-order valence-electron chi connectivity index (χ2n) is 8.50. The van der Waals surface area contributed by atoms with E-state index in [0.717, 1.165) is 18.8 Å². The predicted octanol–water partition coefficient (Wildman–Crippen LogP) is 4.87. The van der Waals surface area contributed by atoms with E-state index >= 15 is 0 Å². The van der Waals surface area contributed by atoms with E-state index < -0.39 is 0 Å². The summed E-state index contributed by atoms with van der Waals surface area (Å²) in [6, 6.07) is 6.94. The van der Waals surface area contributed by atoms with Gasteiger partial charge in [0.15, 0.2) is 11.0 Å². The molecule has 158 valence electrons. The van der Waals surface area contributed by atoms with Crippen LogP contribution in [0.5, 0.6) is 0 Å². The Balaban J connectivity index is 1.72. The van der Waals surface area contributed by atoms with Gasteiger partial charge in [-0.1, -0.05) is 44.7 Å². The Hall–Kier alpha value is -1.89. The van der Waals surface area contributed by atoms with Gasteiger partial charge in [-0.05, 0) is 49.7 Å². The zero-order valence-corrected chi connectivity index (χ0v) is 18.6. The molecule has 0 N–H and O–H groups in total. The maximum Gasteiger partial charge on any atom is 0.233 e. The third kappa shape index (κ3) is 5.38. The van der Waals surface area contributed by atoms with Crippen LogP contribution in [-0.2, 0) is 11.3 Å². The number of amides is 1. The van der Waals surface area contributed by atoms with Crippen LogP contribution in [-0.4, -0.2) is 44.4 Å². The van der Waals surface area contributed by atoms with Crippen molar-refractivity contribution in [2.45, 2.75) is 64.2 Å². The summed E-state index contributed by atoms with van der Waals surface area (Å²) in [5.74, 6) is 1.73. The molecular formula is C22H31FN4OS. The molecule has 1 fully saturated rings. The third-order valence-electron chi connectivity index (χ3n) is 5.63. The number of nitrogens with zero attached hydrogens (tertiary/aromatic N) is 4. The van der Waals surface area contributed by atoms with Crippen molar-refractivity contribution in [1.82, 2.24) is 19.7 Å². The van der Waals surface area contributed by atoms with Crippen molar-refractivity contribution in [2.75, 3.05) is 12.8 Å². The summed E-state index contributed by atoms with van der Waals surface area (Å²) >= 11 is 1.39. The molecule has 0 radical (unpaired) electrons. The summed E-state index contributed by atoms with van der Waals surface area (Å²) in [4.78, 5) is 14.7. The molecule has 3 rings (SSSR count). The Morgan fingerprint density at radius 3 is 2.59 bits per heavy atom. The van der Waals surface area contributed by atoms with E-state index in [9.17, 15) is 9.18 Å². The number of carbonyl (C=O) groups excluding carboxylic acids is 1. The molecule has 1 aliphatic carbocycles. The van der Waals surface area contributed by atoms with E-state index in [0.29, 0.717) is 40.8 Å². The van der Waals surface area contributed by atoms with E-state index in [1.807, 2.05) is 16.5 Å². The lowest BCUT2D eigenvalue weighted by atomic mass is 9.87.